The van der Waals surface area contributed by atoms with Crippen LogP contribution >= 0.6 is 11.8 Å². The van der Waals surface area contributed by atoms with E-state index in [0.29, 0.717) is 36.5 Å². The number of nitrogens with one attached hydrogen (secondary N) is 1. The predicted octanol–water partition coefficient (Wildman–Crippen LogP) is 1.53. The van der Waals surface area contributed by atoms with Crippen LogP contribution in [-0.2, 0) is 14.3 Å². The van der Waals surface area contributed by atoms with Gasteiger partial charge in [0, 0.05) is 43.8 Å². The van der Waals surface area contributed by atoms with E-state index < -0.39 is 0 Å². The summed E-state index contributed by atoms with van der Waals surface area (Å²) < 4.78 is 16.4. The summed E-state index contributed by atoms with van der Waals surface area (Å²) in [5, 5.41) is 11.4. The highest BCUT2D eigenvalue weighted by molar-refractivity contribution is 7.99. The van der Waals surface area contributed by atoms with E-state index in [1.165, 1.54) is 11.8 Å². The molecule has 9 heteroatoms. The summed E-state index contributed by atoms with van der Waals surface area (Å²) in [7, 11) is 1.65. The molecular formula is C16H20N4O4S. The van der Waals surface area contributed by atoms with Gasteiger partial charge < -0.3 is 19.2 Å². The summed E-state index contributed by atoms with van der Waals surface area (Å²) >= 11 is 1.35. The van der Waals surface area contributed by atoms with Gasteiger partial charge in [0.25, 0.3) is 5.22 Å². The number of methoxy groups -OCH3 is 1. The molecule has 25 heavy (non-hydrogen) atoms. The molecule has 3 rings (SSSR count). The van der Waals surface area contributed by atoms with Crippen LogP contribution in [0.25, 0.3) is 11.5 Å². The van der Waals surface area contributed by atoms with Gasteiger partial charge in [0.05, 0.1) is 18.8 Å². The van der Waals surface area contributed by atoms with Crippen LogP contribution in [0.5, 0.6) is 0 Å². The summed E-state index contributed by atoms with van der Waals surface area (Å²) in [5.74, 6) is 0.949. The summed E-state index contributed by atoms with van der Waals surface area (Å²) in [6.07, 6.45) is 4.47. The van der Waals surface area contributed by atoms with E-state index in [4.69, 9.17) is 13.9 Å². The Kier molecular flexibility index (Phi) is 6.37. The lowest BCUT2D eigenvalue weighted by molar-refractivity contribution is -0.124. The topological polar surface area (TPSA) is 99.4 Å². The largest absolute Gasteiger partial charge is 0.411 e. The minimum atomic E-state index is -0.0991. The molecule has 2 aromatic heterocycles. The lowest BCUT2D eigenvalue weighted by atomic mass is 10.1. The third kappa shape index (κ3) is 5.00. The average molecular weight is 364 g/mol. The normalized spacial score (nSPS) is 20.4. The zero-order chi connectivity index (χ0) is 17.5. The quantitative estimate of drug-likeness (QED) is 0.739. The van der Waals surface area contributed by atoms with Gasteiger partial charge in [0.1, 0.15) is 0 Å². The number of thioether (sulfide) groups is 1. The molecule has 3 heterocycles. The Morgan fingerprint density at radius 1 is 1.40 bits per heavy atom. The van der Waals surface area contributed by atoms with Gasteiger partial charge in [-0.05, 0) is 18.6 Å². The number of ether oxygens (including phenoxy) is 2. The van der Waals surface area contributed by atoms with Crippen molar-refractivity contribution in [2.75, 3.05) is 26.1 Å². The molecule has 0 radical (unpaired) electrons. The second-order valence-corrected chi connectivity index (χ2v) is 6.57. The lowest BCUT2D eigenvalue weighted by Gasteiger charge is -2.30. The predicted molar refractivity (Wildman–Crippen MR) is 91.0 cm³/mol. The van der Waals surface area contributed by atoms with Crippen molar-refractivity contribution in [2.24, 2.45) is 0 Å². The Bertz CT molecular complexity index is 682. The maximum absolute atomic E-state index is 12.1. The Balaban J connectivity index is 1.43. The van der Waals surface area contributed by atoms with Crippen molar-refractivity contribution in [1.29, 1.82) is 0 Å². The first-order valence-corrected chi connectivity index (χ1v) is 9.01. The van der Waals surface area contributed by atoms with Gasteiger partial charge in [0.15, 0.2) is 0 Å². The molecule has 8 nitrogen and oxygen atoms in total. The minimum absolute atomic E-state index is 0.00390. The van der Waals surface area contributed by atoms with E-state index in [1.807, 2.05) is 0 Å². The Morgan fingerprint density at radius 3 is 3.04 bits per heavy atom. The maximum atomic E-state index is 12.1. The number of carbonyl (C=O) groups excluding carboxylic acids is 1. The Labute approximate surface area is 149 Å². The van der Waals surface area contributed by atoms with Crippen LogP contribution in [0.3, 0.4) is 0 Å². The highest BCUT2D eigenvalue weighted by Gasteiger charge is 2.26. The van der Waals surface area contributed by atoms with Crippen LogP contribution in [0.15, 0.2) is 34.2 Å². The molecule has 0 aromatic carbocycles. The summed E-state index contributed by atoms with van der Waals surface area (Å²) in [5.41, 5.74) is 0.815. The first kappa shape index (κ1) is 17.8. The molecule has 2 atom stereocenters. The monoisotopic (exact) mass is 364 g/mol. The van der Waals surface area contributed by atoms with Crippen LogP contribution in [0.1, 0.15) is 12.8 Å². The van der Waals surface area contributed by atoms with E-state index in [0.717, 1.165) is 12.0 Å². The number of hydrogen-bond donors (Lipinski definition) is 1. The third-order valence-corrected chi connectivity index (χ3v) is 4.65. The SMILES string of the molecule is CO[C@@H]1CCOC[C@H]1NC(=O)CCSc1nnc(-c2ccncc2)o1. The molecule has 2 aromatic rings. The van der Waals surface area contributed by atoms with E-state index in [2.05, 4.69) is 20.5 Å². The summed E-state index contributed by atoms with van der Waals surface area (Å²) in [4.78, 5) is 16.0. The van der Waals surface area contributed by atoms with Gasteiger partial charge in [-0.15, -0.1) is 10.2 Å². The number of rotatable bonds is 7. The van der Waals surface area contributed by atoms with Crippen molar-refractivity contribution >= 4 is 17.7 Å². The second kappa shape index (κ2) is 8.93. The second-order valence-electron chi connectivity index (χ2n) is 5.52. The van der Waals surface area contributed by atoms with Crippen molar-refractivity contribution in [3.63, 3.8) is 0 Å². The molecule has 0 unspecified atom stereocenters. The summed E-state index contributed by atoms with van der Waals surface area (Å²) in [6, 6.07) is 3.50. The zero-order valence-corrected chi connectivity index (χ0v) is 14.7. The first-order valence-electron chi connectivity index (χ1n) is 8.03. The Morgan fingerprint density at radius 2 is 2.24 bits per heavy atom. The zero-order valence-electron chi connectivity index (χ0n) is 13.9. The molecule has 1 fully saturated rings. The van der Waals surface area contributed by atoms with Crippen molar-refractivity contribution in [3.8, 4) is 11.5 Å². The fourth-order valence-electron chi connectivity index (χ4n) is 2.52. The highest BCUT2D eigenvalue weighted by Crippen LogP contribution is 2.23. The van der Waals surface area contributed by atoms with Gasteiger partial charge in [-0.1, -0.05) is 11.8 Å². The molecule has 0 aliphatic carbocycles. The van der Waals surface area contributed by atoms with Crippen molar-refractivity contribution in [3.05, 3.63) is 24.5 Å². The molecule has 0 bridgehead atoms. The van der Waals surface area contributed by atoms with Crippen molar-refractivity contribution in [2.45, 2.75) is 30.2 Å². The van der Waals surface area contributed by atoms with E-state index in [-0.39, 0.29) is 18.1 Å². The molecular weight excluding hydrogens is 344 g/mol. The van der Waals surface area contributed by atoms with Gasteiger partial charge >= 0.3 is 0 Å². The lowest BCUT2D eigenvalue weighted by Crippen LogP contribution is -2.50. The standard InChI is InChI=1S/C16H20N4O4S/c1-22-13-4-8-23-10-12(13)18-14(21)5-9-25-16-20-19-15(24-16)11-2-6-17-7-3-11/h2-3,6-7,12-13H,4-5,8-10H2,1H3,(H,18,21)/t12-,13-/m1/s1. The van der Waals surface area contributed by atoms with Crippen LogP contribution in [0, 0.1) is 0 Å². The number of pyridine rings is 1. The molecule has 1 N–H and O–H groups in total. The number of amides is 1. The van der Waals surface area contributed by atoms with E-state index >= 15 is 0 Å². The number of hydrogen-bond acceptors (Lipinski definition) is 8. The Hall–Kier alpha value is -1.97. The number of carbonyl (C=O) groups is 1. The fraction of sp³-hybridized carbons (Fsp3) is 0.500. The smallest absolute Gasteiger partial charge is 0.276 e. The third-order valence-electron chi connectivity index (χ3n) is 3.83. The molecule has 0 saturated carbocycles. The fourth-order valence-corrected chi connectivity index (χ4v) is 3.22. The van der Waals surface area contributed by atoms with Gasteiger partial charge in [-0.2, -0.15) is 0 Å². The average Bonchev–Trinajstić information content (AvgIpc) is 3.12. The van der Waals surface area contributed by atoms with Gasteiger partial charge in [0.2, 0.25) is 11.8 Å². The van der Waals surface area contributed by atoms with Crippen LogP contribution in [0.4, 0.5) is 0 Å². The maximum Gasteiger partial charge on any atom is 0.276 e. The highest BCUT2D eigenvalue weighted by atomic mass is 32.2. The molecule has 0 spiro atoms. The molecule has 1 saturated heterocycles. The number of nitrogens with zero attached hydrogens (tertiary/aromatic N) is 3. The van der Waals surface area contributed by atoms with Crippen LogP contribution < -0.4 is 5.32 Å². The van der Waals surface area contributed by atoms with Crippen molar-refractivity contribution < 1.29 is 18.7 Å². The summed E-state index contributed by atoms with van der Waals surface area (Å²) in [6.45, 7) is 1.15. The van der Waals surface area contributed by atoms with Crippen molar-refractivity contribution in [1.82, 2.24) is 20.5 Å². The first-order chi connectivity index (χ1) is 12.3. The number of aromatic nitrogens is 3. The molecule has 134 valence electrons. The van der Waals surface area contributed by atoms with E-state index in [1.54, 1.807) is 31.6 Å². The van der Waals surface area contributed by atoms with E-state index in [9.17, 15) is 4.79 Å². The van der Waals surface area contributed by atoms with Gasteiger partial charge in [-0.25, -0.2) is 0 Å². The van der Waals surface area contributed by atoms with Crippen LogP contribution in [-0.4, -0.2) is 59.3 Å². The molecule has 1 aliphatic heterocycles. The van der Waals surface area contributed by atoms with Crippen LogP contribution in [0.2, 0.25) is 0 Å². The minimum Gasteiger partial charge on any atom is -0.411 e. The molecule has 1 amide bonds. The molecule has 1 aliphatic rings. The van der Waals surface area contributed by atoms with Gasteiger partial charge in [-0.3, -0.25) is 9.78 Å².